The standard InChI is InChI=1S/C15H20ClN3O2/c1-15(2,3)21-14(20)19-10-5-4-8-18(9-10)11-6-7-12(16)17-13(11)19/h6-7,10H,4-5,8-9H2,1-3H3. The van der Waals surface area contributed by atoms with Gasteiger partial charge in [0.15, 0.2) is 5.82 Å². The Labute approximate surface area is 129 Å². The van der Waals surface area contributed by atoms with Crippen LogP contribution in [0.5, 0.6) is 0 Å². The molecule has 0 aromatic carbocycles. The molecular formula is C15H20ClN3O2. The minimum absolute atomic E-state index is 0.104. The van der Waals surface area contributed by atoms with Gasteiger partial charge in [0.25, 0.3) is 0 Å². The number of piperidine rings is 1. The van der Waals surface area contributed by atoms with E-state index in [0.717, 1.165) is 31.6 Å². The van der Waals surface area contributed by atoms with E-state index in [0.29, 0.717) is 11.0 Å². The predicted molar refractivity (Wildman–Crippen MR) is 83.2 cm³/mol. The Balaban J connectivity index is 2.01. The van der Waals surface area contributed by atoms with E-state index in [1.165, 1.54) is 0 Å². The molecule has 0 N–H and O–H groups in total. The lowest BCUT2D eigenvalue weighted by Gasteiger charge is -2.45. The highest BCUT2D eigenvalue weighted by atomic mass is 35.5. The normalized spacial score (nSPS) is 21.0. The second kappa shape index (κ2) is 5.05. The molecule has 3 rings (SSSR count). The van der Waals surface area contributed by atoms with Crippen LogP contribution >= 0.6 is 11.6 Å². The molecule has 3 heterocycles. The summed E-state index contributed by atoms with van der Waals surface area (Å²) in [5, 5.41) is 0.392. The van der Waals surface area contributed by atoms with Gasteiger partial charge in [-0.3, -0.25) is 4.90 Å². The van der Waals surface area contributed by atoms with Crippen LogP contribution in [-0.4, -0.2) is 35.8 Å². The second-order valence-electron chi connectivity index (χ2n) is 6.57. The number of amides is 1. The SMILES string of the molecule is CC(C)(C)OC(=O)N1c2nc(Cl)ccc2N2CCCC1C2. The minimum Gasteiger partial charge on any atom is -0.443 e. The van der Waals surface area contributed by atoms with E-state index in [4.69, 9.17) is 16.3 Å². The number of rotatable bonds is 0. The Morgan fingerprint density at radius 2 is 2.19 bits per heavy atom. The molecule has 1 saturated heterocycles. The van der Waals surface area contributed by atoms with Crippen molar-refractivity contribution in [1.29, 1.82) is 0 Å². The first-order valence-electron chi connectivity index (χ1n) is 7.29. The molecule has 2 aliphatic heterocycles. The van der Waals surface area contributed by atoms with Crippen LogP contribution in [0.4, 0.5) is 16.3 Å². The first kappa shape index (κ1) is 14.4. The van der Waals surface area contributed by atoms with Crippen LogP contribution in [0.1, 0.15) is 33.6 Å². The number of hydrogen-bond donors (Lipinski definition) is 0. The monoisotopic (exact) mass is 309 g/mol. The summed E-state index contributed by atoms with van der Waals surface area (Å²) in [6, 6.07) is 3.80. The van der Waals surface area contributed by atoms with Gasteiger partial charge in [0.2, 0.25) is 0 Å². The number of carbonyl (C=O) groups is 1. The molecule has 114 valence electrons. The van der Waals surface area contributed by atoms with Crippen molar-refractivity contribution in [3.63, 3.8) is 0 Å². The topological polar surface area (TPSA) is 45.7 Å². The lowest BCUT2D eigenvalue weighted by atomic mass is 10.00. The minimum atomic E-state index is -0.526. The third-order valence-corrected chi connectivity index (χ3v) is 3.95. The summed E-state index contributed by atoms with van der Waals surface area (Å²) in [4.78, 5) is 20.9. The number of pyridine rings is 1. The molecule has 1 atom stereocenters. The second-order valence-corrected chi connectivity index (χ2v) is 6.96. The zero-order valence-corrected chi connectivity index (χ0v) is 13.4. The van der Waals surface area contributed by atoms with Crippen LogP contribution < -0.4 is 9.80 Å². The lowest BCUT2D eigenvalue weighted by molar-refractivity contribution is 0.0558. The van der Waals surface area contributed by atoms with Gasteiger partial charge in [0.05, 0.1) is 11.7 Å². The fourth-order valence-corrected chi connectivity index (χ4v) is 3.09. The molecule has 1 amide bonds. The zero-order chi connectivity index (χ0) is 15.2. The molecule has 1 aromatic rings. The summed E-state index contributed by atoms with van der Waals surface area (Å²) >= 11 is 6.03. The first-order chi connectivity index (χ1) is 9.85. The average Bonchev–Trinajstić information content (AvgIpc) is 2.36. The number of anilines is 2. The molecule has 2 bridgehead atoms. The third-order valence-electron chi connectivity index (χ3n) is 3.74. The van der Waals surface area contributed by atoms with E-state index < -0.39 is 5.60 Å². The highest BCUT2D eigenvalue weighted by Gasteiger charge is 2.40. The first-order valence-corrected chi connectivity index (χ1v) is 7.67. The molecule has 5 nitrogen and oxygen atoms in total. The number of fused-ring (bicyclic) bond motifs is 4. The van der Waals surface area contributed by atoms with E-state index >= 15 is 0 Å². The maximum absolute atomic E-state index is 12.6. The van der Waals surface area contributed by atoms with E-state index in [-0.39, 0.29) is 12.1 Å². The van der Waals surface area contributed by atoms with Gasteiger partial charge in [0.1, 0.15) is 10.8 Å². The molecule has 1 unspecified atom stereocenters. The van der Waals surface area contributed by atoms with Crippen LogP contribution in [0.3, 0.4) is 0 Å². The third kappa shape index (κ3) is 2.79. The van der Waals surface area contributed by atoms with Crippen LogP contribution in [0.2, 0.25) is 5.15 Å². The van der Waals surface area contributed by atoms with Crippen molar-refractivity contribution >= 4 is 29.2 Å². The zero-order valence-electron chi connectivity index (χ0n) is 12.6. The number of nitrogens with zero attached hydrogens (tertiary/aromatic N) is 3. The molecule has 0 radical (unpaired) electrons. The Kier molecular flexibility index (Phi) is 3.48. The van der Waals surface area contributed by atoms with Crippen molar-refractivity contribution in [1.82, 2.24) is 4.98 Å². The van der Waals surface area contributed by atoms with Gasteiger partial charge in [-0.2, -0.15) is 0 Å². The lowest BCUT2D eigenvalue weighted by Crippen LogP contribution is -2.56. The number of halogens is 1. The molecule has 1 aromatic heterocycles. The van der Waals surface area contributed by atoms with Gasteiger partial charge in [-0.25, -0.2) is 9.78 Å². The smallest absolute Gasteiger partial charge is 0.416 e. The maximum Gasteiger partial charge on any atom is 0.416 e. The summed E-state index contributed by atoms with van der Waals surface area (Å²) < 4.78 is 5.55. The summed E-state index contributed by atoms with van der Waals surface area (Å²) in [6.45, 7) is 7.43. The Morgan fingerprint density at radius 1 is 1.43 bits per heavy atom. The number of ether oxygens (including phenoxy) is 1. The van der Waals surface area contributed by atoms with Gasteiger partial charge in [-0.1, -0.05) is 11.6 Å². The summed E-state index contributed by atoms with van der Waals surface area (Å²) in [5.74, 6) is 0.618. The highest BCUT2D eigenvalue weighted by molar-refractivity contribution is 6.29. The summed E-state index contributed by atoms with van der Waals surface area (Å²) in [5.41, 5.74) is 0.433. The van der Waals surface area contributed by atoms with Crippen molar-refractivity contribution in [2.45, 2.75) is 45.3 Å². The number of aromatic nitrogens is 1. The average molecular weight is 310 g/mol. The molecule has 6 heteroatoms. The highest BCUT2D eigenvalue weighted by Crippen LogP contribution is 2.39. The molecule has 0 aliphatic carbocycles. The van der Waals surface area contributed by atoms with Crippen LogP contribution in [0.15, 0.2) is 12.1 Å². The molecular weight excluding hydrogens is 290 g/mol. The molecule has 0 saturated carbocycles. The van der Waals surface area contributed by atoms with Crippen LogP contribution in [0.25, 0.3) is 0 Å². The van der Waals surface area contributed by atoms with Crippen molar-refractivity contribution < 1.29 is 9.53 Å². The van der Waals surface area contributed by atoms with E-state index in [9.17, 15) is 4.79 Å². The van der Waals surface area contributed by atoms with Gasteiger partial charge < -0.3 is 9.64 Å². The van der Waals surface area contributed by atoms with E-state index in [1.807, 2.05) is 26.8 Å². The number of hydrogen-bond acceptors (Lipinski definition) is 4. The van der Waals surface area contributed by atoms with E-state index in [2.05, 4.69) is 9.88 Å². The van der Waals surface area contributed by atoms with Gasteiger partial charge in [0, 0.05) is 13.1 Å². The van der Waals surface area contributed by atoms with Crippen LogP contribution in [-0.2, 0) is 4.74 Å². The Morgan fingerprint density at radius 3 is 2.90 bits per heavy atom. The molecule has 2 aliphatic rings. The van der Waals surface area contributed by atoms with Gasteiger partial charge >= 0.3 is 6.09 Å². The maximum atomic E-state index is 12.6. The number of carbonyl (C=O) groups excluding carboxylic acids is 1. The fourth-order valence-electron chi connectivity index (χ4n) is 2.95. The van der Waals surface area contributed by atoms with Crippen molar-refractivity contribution in [2.24, 2.45) is 0 Å². The van der Waals surface area contributed by atoms with Gasteiger partial charge in [-0.15, -0.1) is 0 Å². The predicted octanol–water partition coefficient (Wildman–Crippen LogP) is 3.46. The van der Waals surface area contributed by atoms with Crippen LogP contribution in [0, 0.1) is 0 Å². The van der Waals surface area contributed by atoms with E-state index in [1.54, 1.807) is 11.0 Å². The fraction of sp³-hybridized carbons (Fsp3) is 0.600. The Bertz CT molecular complexity index is 571. The quantitative estimate of drug-likeness (QED) is 0.689. The molecule has 0 spiro atoms. The summed E-state index contributed by atoms with van der Waals surface area (Å²) in [6.07, 6.45) is 1.68. The largest absolute Gasteiger partial charge is 0.443 e. The Hall–Kier alpha value is -1.49. The molecule has 1 fully saturated rings. The van der Waals surface area contributed by atoms with Crippen molar-refractivity contribution in [2.75, 3.05) is 22.9 Å². The summed E-state index contributed by atoms with van der Waals surface area (Å²) in [7, 11) is 0. The van der Waals surface area contributed by atoms with Gasteiger partial charge in [-0.05, 0) is 45.7 Å². The van der Waals surface area contributed by atoms with Crippen molar-refractivity contribution in [3.8, 4) is 0 Å². The molecule has 21 heavy (non-hydrogen) atoms. The van der Waals surface area contributed by atoms with Crippen molar-refractivity contribution in [3.05, 3.63) is 17.3 Å².